The van der Waals surface area contributed by atoms with Crippen LogP contribution in [0.3, 0.4) is 0 Å². The molecule has 1 N–H and O–H groups in total. The lowest BCUT2D eigenvalue weighted by Gasteiger charge is -2.12. The zero-order valence-corrected chi connectivity index (χ0v) is 16.5. The van der Waals surface area contributed by atoms with Gasteiger partial charge in [0.15, 0.2) is 0 Å². The molecule has 0 radical (unpaired) electrons. The lowest BCUT2D eigenvalue weighted by Crippen LogP contribution is -2.16. The predicted octanol–water partition coefficient (Wildman–Crippen LogP) is 5.09. The molecule has 7 nitrogen and oxygen atoms in total. The van der Waals surface area contributed by atoms with E-state index >= 15 is 0 Å². The summed E-state index contributed by atoms with van der Waals surface area (Å²) in [7, 11) is 0. The van der Waals surface area contributed by atoms with Crippen molar-refractivity contribution in [3.05, 3.63) is 79.4 Å². The summed E-state index contributed by atoms with van der Waals surface area (Å²) in [6.45, 7) is 0. The molecule has 1 aliphatic rings. The lowest BCUT2D eigenvalue weighted by atomic mass is 10.2. The molecule has 0 atom stereocenters. The highest BCUT2D eigenvalue weighted by atomic mass is 35.5. The van der Waals surface area contributed by atoms with Crippen molar-refractivity contribution in [3.8, 4) is 5.69 Å². The fourth-order valence-electron chi connectivity index (χ4n) is 2.89. The van der Waals surface area contributed by atoms with Crippen LogP contribution in [-0.4, -0.2) is 20.6 Å². The number of nitro groups is 1. The average Bonchev–Trinajstić information content (AvgIpc) is 3.24. The fourth-order valence-corrected chi connectivity index (χ4v) is 4.42. The van der Waals surface area contributed by atoms with E-state index in [9.17, 15) is 14.9 Å². The third kappa shape index (κ3) is 3.46. The standard InChI is InChI=1S/C18H12Cl2N4O3S/c19-10-1-6-13(15(20)7-10)18(25)21-17-14-8-28-9-16(14)22-23(17)11-2-4-12(5-3-11)24(26)27/h1-7H,8-9H2,(H,21,25). The highest BCUT2D eigenvalue weighted by Gasteiger charge is 2.25. The number of hydrogen-bond acceptors (Lipinski definition) is 5. The molecule has 1 aliphatic heterocycles. The highest BCUT2D eigenvalue weighted by molar-refractivity contribution is 7.98. The topological polar surface area (TPSA) is 90.1 Å². The lowest BCUT2D eigenvalue weighted by molar-refractivity contribution is -0.384. The van der Waals surface area contributed by atoms with Crippen LogP contribution in [0, 0.1) is 10.1 Å². The number of rotatable bonds is 4. The molecule has 1 aromatic heterocycles. The molecule has 10 heteroatoms. The number of hydrogen-bond donors (Lipinski definition) is 1. The van der Waals surface area contributed by atoms with Crippen LogP contribution >= 0.6 is 35.0 Å². The third-order valence-corrected chi connectivity index (χ3v) is 5.78. The van der Waals surface area contributed by atoms with E-state index < -0.39 is 4.92 Å². The van der Waals surface area contributed by atoms with Crippen LogP contribution in [0.25, 0.3) is 5.69 Å². The van der Waals surface area contributed by atoms with E-state index in [1.165, 1.54) is 18.2 Å². The van der Waals surface area contributed by atoms with Gasteiger partial charge in [0.25, 0.3) is 11.6 Å². The summed E-state index contributed by atoms with van der Waals surface area (Å²) in [6, 6.07) is 10.7. The van der Waals surface area contributed by atoms with E-state index in [1.807, 2.05) is 0 Å². The zero-order chi connectivity index (χ0) is 19.8. The summed E-state index contributed by atoms with van der Waals surface area (Å²) < 4.78 is 1.59. The number of anilines is 1. The van der Waals surface area contributed by atoms with Gasteiger partial charge in [0, 0.05) is 34.2 Å². The Balaban J connectivity index is 1.72. The summed E-state index contributed by atoms with van der Waals surface area (Å²) in [5, 5.41) is 19.0. The third-order valence-electron chi connectivity index (χ3n) is 4.26. The number of thioether (sulfide) groups is 1. The zero-order valence-electron chi connectivity index (χ0n) is 14.2. The van der Waals surface area contributed by atoms with E-state index in [4.69, 9.17) is 23.2 Å². The van der Waals surface area contributed by atoms with Crippen molar-refractivity contribution in [3.63, 3.8) is 0 Å². The van der Waals surface area contributed by atoms with E-state index in [1.54, 1.807) is 40.7 Å². The Bertz CT molecular complexity index is 1100. The number of benzene rings is 2. The molecule has 142 valence electrons. The van der Waals surface area contributed by atoms with Crippen molar-refractivity contribution >= 4 is 52.4 Å². The maximum Gasteiger partial charge on any atom is 0.269 e. The van der Waals surface area contributed by atoms with Crippen molar-refractivity contribution in [2.45, 2.75) is 11.5 Å². The molecule has 0 bridgehead atoms. The maximum absolute atomic E-state index is 12.8. The van der Waals surface area contributed by atoms with Crippen LogP contribution in [0.4, 0.5) is 11.5 Å². The van der Waals surface area contributed by atoms with Gasteiger partial charge in [-0.15, -0.1) is 0 Å². The van der Waals surface area contributed by atoms with Crippen molar-refractivity contribution in [1.82, 2.24) is 9.78 Å². The summed E-state index contributed by atoms with van der Waals surface area (Å²) in [4.78, 5) is 23.2. The van der Waals surface area contributed by atoms with Crippen LogP contribution in [0.1, 0.15) is 21.6 Å². The van der Waals surface area contributed by atoms with Gasteiger partial charge >= 0.3 is 0 Å². The molecule has 0 spiro atoms. The van der Waals surface area contributed by atoms with Crippen LogP contribution in [-0.2, 0) is 11.5 Å². The molecule has 0 fully saturated rings. The first-order valence-electron chi connectivity index (χ1n) is 8.14. The van der Waals surface area contributed by atoms with Gasteiger partial charge in [-0.25, -0.2) is 4.68 Å². The number of non-ortho nitro benzene ring substituents is 1. The normalized spacial score (nSPS) is 12.6. The Labute approximate surface area is 173 Å². The second-order valence-electron chi connectivity index (χ2n) is 6.03. The number of carbonyl (C=O) groups excluding carboxylic acids is 1. The number of nitro benzene ring substituents is 1. The molecule has 2 heterocycles. The molecular weight excluding hydrogens is 423 g/mol. The fraction of sp³-hybridized carbons (Fsp3) is 0.111. The Morgan fingerprint density at radius 2 is 1.93 bits per heavy atom. The maximum atomic E-state index is 12.8. The second-order valence-corrected chi connectivity index (χ2v) is 7.86. The van der Waals surface area contributed by atoms with Crippen LogP contribution in [0.2, 0.25) is 10.0 Å². The first-order valence-corrected chi connectivity index (χ1v) is 10.0. The second kappa shape index (κ2) is 7.46. The van der Waals surface area contributed by atoms with E-state index in [2.05, 4.69) is 10.4 Å². The minimum absolute atomic E-state index is 0.0162. The number of amides is 1. The van der Waals surface area contributed by atoms with Gasteiger partial charge in [0.05, 0.1) is 26.9 Å². The minimum Gasteiger partial charge on any atom is -0.306 e. The number of fused-ring (bicyclic) bond motifs is 1. The number of carbonyl (C=O) groups is 1. The van der Waals surface area contributed by atoms with Crippen LogP contribution in [0.5, 0.6) is 0 Å². The quantitative estimate of drug-likeness (QED) is 0.456. The molecule has 3 aromatic rings. The molecule has 4 rings (SSSR count). The van der Waals surface area contributed by atoms with Gasteiger partial charge in [-0.1, -0.05) is 23.2 Å². The molecule has 0 saturated carbocycles. The van der Waals surface area contributed by atoms with Gasteiger partial charge in [-0.05, 0) is 30.3 Å². The number of aromatic nitrogens is 2. The largest absolute Gasteiger partial charge is 0.306 e. The number of nitrogens with one attached hydrogen (secondary N) is 1. The molecular formula is C18H12Cl2N4O3S. The Morgan fingerprint density at radius 1 is 1.18 bits per heavy atom. The highest BCUT2D eigenvalue weighted by Crippen LogP contribution is 2.36. The van der Waals surface area contributed by atoms with Gasteiger partial charge in [-0.3, -0.25) is 14.9 Å². The molecule has 0 unspecified atom stereocenters. The van der Waals surface area contributed by atoms with E-state index in [0.717, 1.165) is 17.0 Å². The predicted molar refractivity (Wildman–Crippen MR) is 110 cm³/mol. The average molecular weight is 435 g/mol. The van der Waals surface area contributed by atoms with Gasteiger partial charge in [0.2, 0.25) is 0 Å². The monoisotopic (exact) mass is 434 g/mol. The van der Waals surface area contributed by atoms with Gasteiger partial charge in [-0.2, -0.15) is 16.9 Å². The summed E-state index contributed by atoms with van der Waals surface area (Å²) in [5.41, 5.74) is 2.70. The van der Waals surface area contributed by atoms with Crippen molar-refractivity contribution < 1.29 is 9.72 Å². The first-order chi connectivity index (χ1) is 13.4. The van der Waals surface area contributed by atoms with Crippen LogP contribution < -0.4 is 5.32 Å². The summed E-state index contributed by atoms with van der Waals surface area (Å²) >= 11 is 13.8. The summed E-state index contributed by atoms with van der Waals surface area (Å²) in [6.07, 6.45) is 0. The van der Waals surface area contributed by atoms with Gasteiger partial charge < -0.3 is 5.32 Å². The smallest absolute Gasteiger partial charge is 0.269 e. The van der Waals surface area contributed by atoms with Gasteiger partial charge in [0.1, 0.15) is 5.82 Å². The Kier molecular flexibility index (Phi) is 5.01. The Morgan fingerprint density at radius 3 is 2.61 bits per heavy atom. The molecule has 0 aliphatic carbocycles. The molecule has 2 aromatic carbocycles. The number of halogens is 2. The van der Waals surface area contributed by atoms with Crippen molar-refractivity contribution in [1.29, 1.82) is 0 Å². The molecule has 0 saturated heterocycles. The number of nitrogens with zero attached hydrogens (tertiary/aromatic N) is 3. The van der Waals surface area contributed by atoms with Crippen LogP contribution in [0.15, 0.2) is 42.5 Å². The minimum atomic E-state index is -0.464. The first kappa shape index (κ1) is 18.8. The molecule has 1 amide bonds. The van der Waals surface area contributed by atoms with Crippen molar-refractivity contribution in [2.75, 3.05) is 5.32 Å². The van der Waals surface area contributed by atoms with E-state index in [-0.39, 0.29) is 16.6 Å². The SMILES string of the molecule is O=C(Nc1c2c(nn1-c1ccc([N+](=O)[O-])cc1)CSC2)c1ccc(Cl)cc1Cl. The van der Waals surface area contributed by atoms with E-state index in [0.29, 0.717) is 27.8 Å². The van der Waals surface area contributed by atoms with Crippen molar-refractivity contribution in [2.24, 2.45) is 0 Å². The molecule has 28 heavy (non-hydrogen) atoms. The summed E-state index contributed by atoms with van der Waals surface area (Å²) in [5.74, 6) is 1.60. The Hall–Kier alpha value is -2.55.